The van der Waals surface area contributed by atoms with Crippen LogP contribution in [0, 0.1) is 0 Å². The smallest absolute Gasteiger partial charge is 0.229 e. The van der Waals surface area contributed by atoms with E-state index in [9.17, 15) is 4.79 Å². The fourth-order valence-electron chi connectivity index (χ4n) is 0.389. The van der Waals surface area contributed by atoms with E-state index in [1.165, 1.54) is 17.5 Å². The van der Waals surface area contributed by atoms with E-state index in [1.807, 2.05) is 0 Å². The number of hydrogen-bond acceptors (Lipinski definition) is 4. The molecule has 1 heterocycles. The summed E-state index contributed by atoms with van der Waals surface area (Å²) in [7, 11) is 0. The van der Waals surface area contributed by atoms with Crippen LogP contribution in [0.15, 0.2) is 11.7 Å². The van der Waals surface area contributed by atoms with Gasteiger partial charge in [0, 0.05) is 0 Å². The van der Waals surface area contributed by atoms with E-state index in [-0.39, 0.29) is 0 Å². The summed E-state index contributed by atoms with van der Waals surface area (Å²) < 4.78 is 0. The first-order valence-corrected chi connectivity index (χ1v) is 3.10. The van der Waals surface area contributed by atoms with Crippen molar-refractivity contribution in [1.29, 1.82) is 0 Å². The number of nitrogens with two attached hydrogens (primary N) is 1. The maximum atomic E-state index is 9.98. The van der Waals surface area contributed by atoms with Crippen molar-refractivity contribution in [3.05, 3.63) is 11.7 Å². The molecule has 0 saturated heterocycles. The van der Waals surface area contributed by atoms with Crippen LogP contribution in [0.1, 0.15) is 0 Å². The van der Waals surface area contributed by atoms with Crippen LogP contribution in [0.25, 0.3) is 0 Å². The average molecular weight is 143 g/mol. The Bertz CT molecular complexity index is 186. The van der Waals surface area contributed by atoms with Crippen molar-refractivity contribution >= 4 is 22.7 Å². The minimum Gasteiger partial charge on any atom is -0.277 e. The summed E-state index contributed by atoms with van der Waals surface area (Å²) in [5, 5.41) is 1.63. The Hall–Kier alpha value is -0.940. The molecular formula is C4H5N3OS. The number of carbonyl (C=O) groups excluding carboxylic acids is 1. The standard InChI is InChI=1S/C4H5N3OS/c5-7(3-8)4-1-6-2-9-4/h1-3H,5H2. The lowest BCUT2D eigenvalue weighted by atomic mass is 10.8. The van der Waals surface area contributed by atoms with E-state index < -0.39 is 0 Å². The predicted molar refractivity (Wildman–Crippen MR) is 34.8 cm³/mol. The lowest BCUT2D eigenvalue weighted by Gasteiger charge is -2.02. The molecule has 1 aromatic heterocycles. The molecule has 0 aliphatic heterocycles. The van der Waals surface area contributed by atoms with E-state index in [0.717, 1.165) is 5.01 Å². The number of carbonyl (C=O) groups is 1. The van der Waals surface area contributed by atoms with Gasteiger partial charge in [0.2, 0.25) is 6.41 Å². The Morgan fingerprint density at radius 2 is 2.67 bits per heavy atom. The zero-order valence-corrected chi connectivity index (χ0v) is 5.34. The molecule has 0 fully saturated rings. The highest BCUT2D eigenvalue weighted by Gasteiger charge is 1.97. The van der Waals surface area contributed by atoms with E-state index in [0.29, 0.717) is 11.4 Å². The second kappa shape index (κ2) is 2.56. The number of nitrogens with zero attached hydrogens (tertiary/aromatic N) is 2. The molecule has 0 atom stereocenters. The highest BCUT2D eigenvalue weighted by molar-refractivity contribution is 7.13. The number of amides is 1. The maximum Gasteiger partial charge on any atom is 0.229 e. The molecular weight excluding hydrogens is 138 g/mol. The van der Waals surface area contributed by atoms with Crippen LogP contribution in [0.3, 0.4) is 0 Å². The van der Waals surface area contributed by atoms with Crippen molar-refractivity contribution in [2.24, 2.45) is 5.84 Å². The number of hydrazine groups is 1. The largest absolute Gasteiger partial charge is 0.277 e. The van der Waals surface area contributed by atoms with Crippen LogP contribution in [0.4, 0.5) is 5.00 Å². The molecule has 4 nitrogen and oxygen atoms in total. The fourth-order valence-corrected chi connectivity index (χ4v) is 0.905. The molecule has 1 amide bonds. The Morgan fingerprint density at radius 3 is 3.11 bits per heavy atom. The molecule has 5 heteroatoms. The van der Waals surface area contributed by atoms with Crippen LogP contribution in [-0.2, 0) is 4.79 Å². The van der Waals surface area contributed by atoms with Crippen molar-refractivity contribution in [2.45, 2.75) is 0 Å². The highest BCUT2D eigenvalue weighted by Crippen LogP contribution is 2.13. The Labute approximate surface area is 55.9 Å². The summed E-state index contributed by atoms with van der Waals surface area (Å²) in [5.74, 6) is 5.17. The van der Waals surface area contributed by atoms with Crippen molar-refractivity contribution in [2.75, 3.05) is 5.01 Å². The molecule has 9 heavy (non-hydrogen) atoms. The second-order valence-corrected chi connectivity index (χ2v) is 2.22. The summed E-state index contributed by atoms with van der Waals surface area (Å²) in [4.78, 5) is 13.7. The zero-order valence-electron chi connectivity index (χ0n) is 4.52. The molecule has 0 saturated carbocycles. The summed E-state index contributed by atoms with van der Waals surface area (Å²) in [6.07, 6.45) is 2.06. The third kappa shape index (κ3) is 1.24. The quantitative estimate of drug-likeness (QED) is 0.274. The van der Waals surface area contributed by atoms with Crippen molar-refractivity contribution in [1.82, 2.24) is 4.98 Å². The van der Waals surface area contributed by atoms with Gasteiger partial charge in [-0.2, -0.15) is 0 Å². The SMILES string of the molecule is NN(C=O)c1cncs1. The van der Waals surface area contributed by atoms with E-state index in [1.54, 1.807) is 5.51 Å². The summed E-state index contributed by atoms with van der Waals surface area (Å²) in [5.41, 5.74) is 1.61. The van der Waals surface area contributed by atoms with Crippen LogP contribution in [0.2, 0.25) is 0 Å². The molecule has 0 radical (unpaired) electrons. The molecule has 0 spiro atoms. The van der Waals surface area contributed by atoms with Crippen LogP contribution < -0.4 is 10.9 Å². The average Bonchev–Trinajstić information content (AvgIpc) is 2.37. The normalized spacial score (nSPS) is 9.00. The van der Waals surface area contributed by atoms with Gasteiger partial charge in [-0.1, -0.05) is 0 Å². The van der Waals surface area contributed by atoms with Gasteiger partial charge >= 0.3 is 0 Å². The number of aromatic nitrogens is 1. The number of thiazole rings is 1. The van der Waals surface area contributed by atoms with Gasteiger partial charge < -0.3 is 0 Å². The topological polar surface area (TPSA) is 59.2 Å². The molecule has 0 aliphatic carbocycles. The van der Waals surface area contributed by atoms with E-state index in [4.69, 9.17) is 5.84 Å². The first-order valence-electron chi connectivity index (χ1n) is 2.22. The van der Waals surface area contributed by atoms with Crippen LogP contribution >= 0.6 is 11.3 Å². The highest BCUT2D eigenvalue weighted by atomic mass is 32.1. The van der Waals surface area contributed by atoms with Crippen LogP contribution in [-0.4, -0.2) is 11.4 Å². The van der Waals surface area contributed by atoms with Crippen LogP contribution in [0.5, 0.6) is 0 Å². The summed E-state index contributed by atoms with van der Waals surface area (Å²) in [6.45, 7) is 0. The predicted octanol–water partition coefficient (Wildman–Crippen LogP) is -0.0204. The molecule has 48 valence electrons. The Kier molecular flexibility index (Phi) is 1.76. The third-order valence-electron chi connectivity index (χ3n) is 0.787. The Morgan fingerprint density at radius 1 is 1.89 bits per heavy atom. The fraction of sp³-hybridized carbons (Fsp3) is 0. The number of rotatable bonds is 2. The number of anilines is 1. The minimum absolute atomic E-state index is 0.535. The number of hydrogen-bond donors (Lipinski definition) is 1. The Balaban J connectivity index is 2.76. The van der Waals surface area contributed by atoms with Gasteiger partial charge in [-0.15, -0.1) is 11.3 Å². The first kappa shape index (κ1) is 6.18. The zero-order chi connectivity index (χ0) is 6.69. The minimum atomic E-state index is 0.535. The van der Waals surface area contributed by atoms with Crippen molar-refractivity contribution in [3.8, 4) is 0 Å². The van der Waals surface area contributed by atoms with Gasteiger partial charge in [-0.25, -0.2) is 10.9 Å². The molecule has 0 aromatic carbocycles. The molecule has 1 aromatic rings. The van der Waals surface area contributed by atoms with Gasteiger partial charge in [0.1, 0.15) is 5.00 Å². The van der Waals surface area contributed by atoms with Gasteiger partial charge in [-0.05, 0) is 0 Å². The molecule has 0 unspecified atom stereocenters. The van der Waals surface area contributed by atoms with E-state index in [2.05, 4.69) is 4.98 Å². The van der Waals surface area contributed by atoms with E-state index >= 15 is 0 Å². The van der Waals surface area contributed by atoms with Crippen molar-refractivity contribution < 1.29 is 4.79 Å². The first-order chi connectivity index (χ1) is 4.34. The van der Waals surface area contributed by atoms with Gasteiger partial charge in [0.25, 0.3) is 0 Å². The third-order valence-corrected chi connectivity index (χ3v) is 1.57. The summed E-state index contributed by atoms with van der Waals surface area (Å²) >= 11 is 1.31. The molecule has 0 bridgehead atoms. The maximum absolute atomic E-state index is 9.98. The molecule has 2 N–H and O–H groups in total. The molecule has 1 rings (SSSR count). The molecule has 0 aliphatic rings. The second-order valence-electron chi connectivity index (χ2n) is 1.35. The van der Waals surface area contributed by atoms with Crippen molar-refractivity contribution in [3.63, 3.8) is 0 Å². The van der Waals surface area contributed by atoms with Gasteiger partial charge in [-0.3, -0.25) is 9.78 Å². The lowest BCUT2D eigenvalue weighted by molar-refractivity contribution is -0.107. The summed E-state index contributed by atoms with van der Waals surface area (Å²) in [6, 6.07) is 0. The monoisotopic (exact) mass is 143 g/mol. The van der Waals surface area contributed by atoms with Gasteiger partial charge in [0.15, 0.2) is 0 Å². The lowest BCUT2D eigenvalue weighted by Crippen LogP contribution is -2.27. The van der Waals surface area contributed by atoms with Gasteiger partial charge in [0.05, 0.1) is 11.7 Å².